The maximum absolute atomic E-state index is 12.7. The van der Waals surface area contributed by atoms with Gasteiger partial charge in [0.2, 0.25) is 5.91 Å². The van der Waals surface area contributed by atoms with Crippen LogP contribution in [0, 0.1) is 24.2 Å². The summed E-state index contributed by atoms with van der Waals surface area (Å²) in [6, 6.07) is 9.32. The molecular weight excluding hydrogens is 477 g/mol. The molecule has 1 saturated heterocycles. The van der Waals surface area contributed by atoms with E-state index in [0.717, 1.165) is 27.5 Å². The van der Waals surface area contributed by atoms with E-state index in [0.29, 0.717) is 32.6 Å². The van der Waals surface area contributed by atoms with Gasteiger partial charge in [-0.2, -0.15) is 22.8 Å². The molecule has 1 amide bonds. The Morgan fingerprint density at radius 1 is 1.23 bits per heavy atom. The molecule has 0 bridgehead atoms. The van der Waals surface area contributed by atoms with Crippen molar-refractivity contribution in [1.82, 2.24) is 9.27 Å². The Morgan fingerprint density at radius 2 is 1.86 bits per heavy atom. The Morgan fingerprint density at radius 3 is 2.37 bits per heavy atom. The van der Waals surface area contributed by atoms with Crippen molar-refractivity contribution in [1.29, 1.82) is 5.26 Å². The van der Waals surface area contributed by atoms with E-state index in [2.05, 4.69) is 15.3 Å². The molecular formula is C24H31F3N6OS. The van der Waals surface area contributed by atoms with E-state index in [1.165, 1.54) is 16.4 Å². The highest BCUT2D eigenvalue weighted by molar-refractivity contribution is 7.11. The fraction of sp³-hybridized carbons (Fsp3) is 0.542. The van der Waals surface area contributed by atoms with Gasteiger partial charge < -0.3 is 15.5 Å². The third kappa shape index (κ3) is 6.86. The number of alkyl halides is 3. The Hall–Kier alpha value is -2.84. The summed E-state index contributed by atoms with van der Waals surface area (Å²) in [4.78, 5) is 17.5. The Kier molecular flexibility index (Phi) is 8.61. The standard InChI is InChI=1S/C24H31F3N6OS/c1-16(2)14-20(22(29)34)33(9-8-28)23-21(17(3)30-35-23)18-4-6-19(7-5-18)32-12-10-31(11-13-32)15-24(25,26)27/h4-7,16,20H,9-15H2,1-3H3,(H2,29,34)/t20-/m0/s1. The number of aromatic nitrogens is 1. The number of carbonyl (C=O) groups is 1. The van der Waals surface area contributed by atoms with Gasteiger partial charge in [-0.05, 0) is 48.5 Å². The molecule has 1 fully saturated rings. The molecule has 0 unspecified atom stereocenters. The van der Waals surface area contributed by atoms with E-state index in [9.17, 15) is 23.2 Å². The average Bonchev–Trinajstić information content (AvgIpc) is 3.16. The smallest absolute Gasteiger partial charge is 0.369 e. The van der Waals surface area contributed by atoms with Gasteiger partial charge in [-0.25, -0.2) is 0 Å². The summed E-state index contributed by atoms with van der Waals surface area (Å²) in [7, 11) is 0. The first-order chi connectivity index (χ1) is 16.5. The molecule has 190 valence electrons. The van der Waals surface area contributed by atoms with Crippen LogP contribution in [0.3, 0.4) is 0 Å². The first-order valence-electron chi connectivity index (χ1n) is 11.5. The highest BCUT2D eigenvalue weighted by Crippen LogP contribution is 2.39. The molecule has 1 atom stereocenters. The summed E-state index contributed by atoms with van der Waals surface area (Å²) < 4.78 is 42.5. The van der Waals surface area contributed by atoms with Crippen molar-refractivity contribution in [2.24, 2.45) is 11.7 Å². The predicted octanol–water partition coefficient (Wildman–Crippen LogP) is 4.03. The molecule has 2 heterocycles. The fourth-order valence-corrected chi connectivity index (χ4v) is 5.35. The van der Waals surface area contributed by atoms with Crippen molar-refractivity contribution < 1.29 is 18.0 Å². The first kappa shape index (κ1) is 26.8. The molecule has 2 N–H and O–H groups in total. The van der Waals surface area contributed by atoms with Crippen molar-refractivity contribution in [2.75, 3.05) is 49.1 Å². The van der Waals surface area contributed by atoms with Gasteiger partial charge in [-0.3, -0.25) is 9.69 Å². The van der Waals surface area contributed by atoms with Crippen LogP contribution in [0.4, 0.5) is 23.9 Å². The second-order valence-electron chi connectivity index (χ2n) is 9.21. The van der Waals surface area contributed by atoms with Gasteiger partial charge in [0.1, 0.15) is 17.6 Å². The van der Waals surface area contributed by atoms with Crippen molar-refractivity contribution in [3.8, 4) is 17.2 Å². The fourth-order valence-electron chi connectivity index (χ4n) is 4.39. The van der Waals surface area contributed by atoms with Crippen LogP contribution in [0.1, 0.15) is 26.0 Å². The lowest BCUT2D eigenvalue weighted by Crippen LogP contribution is -2.49. The zero-order valence-corrected chi connectivity index (χ0v) is 21.0. The Bertz CT molecular complexity index is 1040. The van der Waals surface area contributed by atoms with Crippen LogP contribution in [0.2, 0.25) is 0 Å². The minimum Gasteiger partial charge on any atom is -0.369 e. The summed E-state index contributed by atoms with van der Waals surface area (Å²) in [5.74, 6) is -0.270. The van der Waals surface area contributed by atoms with E-state index < -0.39 is 24.7 Å². The van der Waals surface area contributed by atoms with Crippen molar-refractivity contribution in [3.63, 3.8) is 0 Å². The molecule has 7 nitrogen and oxygen atoms in total. The largest absolute Gasteiger partial charge is 0.401 e. The highest BCUT2D eigenvalue weighted by Gasteiger charge is 2.32. The minimum atomic E-state index is -4.18. The topological polar surface area (TPSA) is 89.5 Å². The monoisotopic (exact) mass is 508 g/mol. The lowest BCUT2D eigenvalue weighted by molar-refractivity contribution is -0.146. The predicted molar refractivity (Wildman–Crippen MR) is 132 cm³/mol. The van der Waals surface area contributed by atoms with Crippen molar-refractivity contribution >= 4 is 28.1 Å². The third-order valence-electron chi connectivity index (χ3n) is 6.04. The first-order valence-corrected chi connectivity index (χ1v) is 12.3. The number of nitrogens with zero attached hydrogens (tertiary/aromatic N) is 5. The van der Waals surface area contributed by atoms with Gasteiger partial charge >= 0.3 is 6.18 Å². The molecule has 1 aromatic heterocycles. The van der Waals surface area contributed by atoms with Crippen molar-refractivity contribution in [2.45, 2.75) is 39.4 Å². The van der Waals surface area contributed by atoms with Crippen LogP contribution < -0.4 is 15.5 Å². The molecule has 3 rings (SSSR count). The zero-order valence-electron chi connectivity index (χ0n) is 20.2. The van der Waals surface area contributed by atoms with Crippen LogP contribution >= 0.6 is 11.5 Å². The molecule has 2 aromatic rings. The lowest BCUT2D eigenvalue weighted by atomic mass is 10.00. The number of aryl methyl sites for hydroxylation is 1. The van der Waals surface area contributed by atoms with Crippen LogP contribution in [-0.2, 0) is 4.79 Å². The molecule has 1 aliphatic heterocycles. The molecule has 35 heavy (non-hydrogen) atoms. The number of anilines is 2. The molecule has 0 aliphatic carbocycles. The number of primary amides is 1. The summed E-state index contributed by atoms with van der Waals surface area (Å²) in [5.41, 5.74) is 9.18. The minimum absolute atomic E-state index is 0.00917. The number of benzene rings is 1. The number of carbonyl (C=O) groups excluding carboxylic acids is 1. The Balaban J connectivity index is 1.82. The number of nitriles is 1. The maximum Gasteiger partial charge on any atom is 0.401 e. The van der Waals surface area contributed by atoms with Crippen LogP contribution in [0.15, 0.2) is 24.3 Å². The molecule has 1 aliphatic rings. The average molecular weight is 509 g/mol. The third-order valence-corrected chi connectivity index (χ3v) is 7.02. The van der Waals surface area contributed by atoms with Gasteiger partial charge in [-0.1, -0.05) is 26.0 Å². The second kappa shape index (κ2) is 11.3. The number of rotatable bonds is 9. The van der Waals surface area contributed by atoms with E-state index in [4.69, 9.17) is 5.73 Å². The molecule has 0 saturated carbocycles. The molecule has 11 heteroatoms. The number of piperazine rings is 1. The summed E-state index contributed by atoms with van der Waals surface area (Å²) in [5, 5.41) is 10.2. The van der Waals surface area contributed by atoms with Crippen molar-refractivity contribution in [3.05, 3.63) is 30.0 Å². The highest BCUT2D eigenvalue weighted by atomic mass is 32.1. The van der Waals surface area contributed by atoms with E-state index in [1.807, 2.05) is 45.0 Å². The van der Waals surface area contributed by atoms with E-state index >= 15 is 0 Å². The summed E-state index contributed by atoms with van der Waals surface area (Å²) in [6.45, 7) is 6.76. The van der Waals surface area contributed by atoms with E-state index in [1.54, 1.807) is 4.90 Å². The number of amides is 1. The van der Waals surface area contributed by atoms with Gasteiger partial charge in [-0.15, -0.1) is 0 Å². The van der Waals surface area contributed by atoms with Crippen LogP contribution in [0.5, 0.6) is 0 Å². The number of halogens is 3. The quantitative estimate of drug-likeness (QED) is 0.515. The molecule has 0 radical (unpaired) electrons. The van der Waals surface area contributed by atoms with Gasteiger partial charge in [0.25, 0.3) is 0 Å². The maximum atomic E-state index is 12.7. The van der Waals surface area contributed by atoms with Crippen LogP contribution in [-0.4, -0.2) is 66.7 Å². The number of hydrogen-bond acceptors (Lipinski definition) is 7. The van der Waals surface area contributed by atoms with Gasteiger partial charge in [0, 0.05) is 37.4 Å². The molecule has 0 spiro atoms. The van der Waals surface area contributed by atoms with Gasteiger partial charge in [0.05, 0.1) is 18.3 Å². The Labute approximate surface area is 208 Å². The second-order valence-corrected chi connectivity index (χ2v) is 9.96. The summed E-state index contributed by atoms with van der Waals surface area (Å²) >= 11 is 1.24. The van der Waals surface area contributed by atoms with E-state index in [-0.39, 0.29) is 12.5 Å². The lowest BCUT2D eigenvalue weighted by Gasteiger charge is -2.36. The number of hydrogen-bond donors (Lipinski definition) is 1. The number of nitrogens with two attached hydrogens (primary N) is 1. The normalized spacial score (nSPS) is 15.8. The zero-order chi connectivity index (χ0) is 25.8. The van der Waals surface area contributed by atoms with Gasteiger partial charge in [0.15, 0.2) is 0 Å². The summed E-state index contributed by atoms with van der Waals surface area (Å²) in [6.07, 6.45) is -3.66. The van der Waals surface area contributed by atoms with Crippen LogP contribution in [0.25, 0.3) is 11.1 Å². The molecule has 1 aromatic carbocycles. The SMILES string of the molecule is Cc1nsc(N(CC#N)[C@@H](CC(C)C)C(N)=O)c1-c1ccc(N2CCN(CC(F)(F)F)CC2)cc1.